The standard InChI is InChI=1S/C15H23N3O3/c1-2-21-15(19)12-3-4-13(16)14(11-12)17-5-6-18-7-9-20-10-8-18/h3-4,11,17H,2,5-10,16H2,1H3. The van der Waals surface area contributed by atoms with E-state index >= 15 is 0 Å². The van der Waals surface area contributed by atoms with E-state index in [1.54, 1.807) is 25.1 Å². The van der Waals surface area contributed by atoms with Gasteiger partial charge in [0.25, 0.3) is 0 Å². The van der Waals surface area contributed by atoms with Crippen LogP contribution in [-0.2, 0) is 9.47 Å². The van der Waals surface area contributed by atoms with Crippen molar-refractivity contribution in [1.82, 2.24) is 4.90 Å². The van der Waals surface area contributed by atoms with Gasteiger partial charge in [-0.25, -0.2) is 4.79 Å². The number of benzene rings is 1. The van der Waals surface area contributed by atoms with Gasteiger partial charge >= 0.3 is 5.97 Å². The summed E-state index contributed by atoms with van der Waals surface area (Å²) in [4.78, 5) is 14.1. The van der Waals surface area contributed by atoms with Crippen LogP contribution in [0, 0.1) is 0 Å². The zero-order chi connectivity index (χ0) is 15.1. The third kappa shape index (κ3) is 4.61. The van der Waals surface area contributed by atoms with Crippen LogP contribution in [0.5, 0.6) is 0 Å². The van der Waals surface area contributed by atoms with Gasteiger partial charge < -0.3 is 20.5 Å². The third-order valence-corrected chi connectivity index (χ3v) is 3.41. The number of morpholine rings is 1. The van der Waals surface area contributed by atoms with Gasteiger partial charge in [0.1, 0.15) is 0 Å². The van der Waals surface area contributed by atoms with Gasteiger partial charge in [-0.15, -0.1) is 0 Å². The number of rotatable bonds is 6. The summed E-state index contributed by atoms with van der Waals surface area (Å²) in [5.74, 6) is -0.325. The number of nitrogen functional groups attached to an aromatic ring is 1. The van der Waals surface area contributed by atoms with Crippen LogP contribution >= 0.6 is 0 Å². The van der Waals surface area contributed by atoms with Gasteiger partial charge in [0.15, 0.2) is 0 Å². The van der Waals surface area contributed by atoms with E-state index in [2.05, 4.69) is 10.2 Å². The average molecular weight is 293 g/mol. The van der Waals surface area contributed by atoms with Crippen molar-refractivity contribution in [1.29, 1.82) is 0 Å². The van der Waals surface area contributed by atoms with Gasteiger partial charge in [0, 0.05) is 26.2 Å². The number of nitrogens with zero attached hydrogens (tertiary/aromatic N) is 1. The molecule has 1 aromatic carbocycles. The summed E-state index contributed by atoms with van der Waals surface area (Å²) < 4.78 is 10.3. The maximum Gasteiger partial charge on any atom is 0.338 e. The molecule has 6 heteroatoms. The van der Waals surface area contributed by atoms with E-state index < -0.39 is 0 Å². The Morgan fingerprint density at radius 2 is 2.19 bits per heavy atom. The summed E-state index contributed by atoms with van der Waals surface area (Å²) in [5.41, 5.74) is 7.85. The second-order valence-electron chi connectivity index (χ2n) is 4.90. The summed E-state index contributed by atoms with van der Waals surface area (Å²) in [6.45, 7) is 7.35. The molecular formula is C15H23N3O3. The lowest BCUT2D eigenvalue weighted by atomic mass is 10.1. The first-order valence-corrected chi connectivity index (χ1v) is 7.31. The minimum Gasteiger partial charge on any atom is -0.462 e. The van der Waals surface area contributed by atoms with Gasteiger partial charge in [-0.3, -0.25) is 4.90 Å². The van der Waals surface area contributed by atoms with Crippen LogP contribution in [-0.4, -0.2) is 56.9 Å². The Morgan fingerprint density at radius 1 is 1.43 bits per heavy atom. The van der Waals surface area contributed by atoms with Crippen molar-refractivity contribution in [3.63, 3.8) is 0 Å². The number of carbonyl (C=O) groups excluding carboxylic acids is 1. The van der Waals surface area contributed by atoms with Crippen LogP contribution in [0.1, 0.15) is 17.3 Å². The monoisotopic (exact) mass is 293 g/mol. The van der Waals surface area contributed by atoms with E-state index in [-0.39, 0.29) is 5.97 Å². The number of ether oxygens (including phenoxy) is 2. The number of hydrogen-bond acceptors (Lipinski definition) is 6. The predicted octanol–water partition coefficient (Wildman–Crippen LogP) is 1.19. The normalized spacial score (nSPS) is 15.7. The third-order valence-electron chi connectivity index (χ3n) is 3.41. The second-order valence-corrected chi connectivity index (χ2v) is 4.90. The predicted molar refractivity (Wildman–Crippen MR) is 82.6 cm³/mol. The molecule has 1 aromatic rings. The summed E-state index contributed by atoms with van der Waals surface area (Å²) in [6.07, 6.45) is 0. The van der Waals surface area contributed by atoms with Crippen LogP contribution in [0.4, 0.5) is 11.4 Å². The highest BCUT2D eigenvalue weighted by molar-refractivity contribution is 5.92. The molecule has 3 N–H and O–H groups in total. The fourth-order valence-corrected chi connectivity index (χ4v) is 2.22. The fourth-order valence-electron chi connectivity index (χ4n) is 2.22. The largest absolute Gasteiger partial charge is 0.462 e. The highest BCUT2D eigenvalue weighted by Crippen LogP contribution is 2.20. The fraction of sp³-hybridized carbons (Fsp3) is 0.533. The van der Waals surface area contributed by atoms with Crippen LogP contribution in [0.3, 0.4) is 0 Å². The van der Waals surface area contributed by atoms with Gasteiger partial charge in [-0.05, 0) is 25.1 Å². The van der Waals surface area contributed by atoms with Crippen molar-refractivity contribution in [2.45, 2.75) is 6.92 Å². The molecule has 0 unspecified atom stereocenters. The molecular weight excluding hydrogens is 270 g/mol. The van der Waals surface area contributed by atoms with Crippen molar-refractivity contribution in [3.8, 4) is 0 Å². The molecule has 1 aliphatic rings. The quantitative estimate of drug-likeness (QED) is 0.606. The number of anilines is 2. The van der Waals surface area contributed by atoms with Crippen molar-refractivity contribution >= 4 is 17.3 Å². The molecule has 2 rings (SSSR count). The minimum atomic E-state index is -0.325. The van der Waals surface area contributed by atoms with E-state index in [1.807, 2.05) is 0 Å². The van der Waals surface area contributed by atoms with Gasteiger partial charge in [0.2, 0.25) is 0 Å². The average Bonchev–Trinajstić information content (AvgIpc) is 2.50. The van der Waals surface area contributed by atoms with Gasteiger partial charge in [-0.2, -0.15) is 0 Å². The van der Waals surface area contributed by atoms with Crippen molar-refractivity contribution in [3.05, 3.63) is 23.8 Å². The first-order valence-electron chi connectivity index (χ1n) is 7.31. The Bertz CT molecular complexity index is 473. The second kappa shape index (κ2) is 7.85. The van der Waals surface area contributed by atoms with E-state index in [4.69, 9.17) is 15.2 Å². The topological polar surface area (TPSA) is 76.8 Å². The first-order chi connectivity index (χ1) is 10.2. The van der Waals surface area contributed by atoms with E-state index in [0.717, 1.165) is 45.1 Å². The lowest BCUT2D eigenvalue weighted by Crippen LogP contribution is -2.39. The molecule has 116 valence electrons. The molecule has 0 bridgehead atoms. The van der Waals surface area contributed by atoms with Crippen LogP contribution < -0.4 is 11.1 Å². The molecule has 0 aliphatic carbocycles. The summed E-state index contributed by atoms with van der Waals surface area (Å²) in [5, 5.41) is 3.28. The van der Waals surface area contributed by atoms with Gasteiger partial charge in [0.05, 0.1) is 36.8 Å². The van der Waals surface area contributed by atoms with Crippen LogP contribution in [0.15, 0.2) is 18.2 Å². The molecule has 6 nitrogen and oxygen atoms in total. The lowest BCUT2D eigenvalue weighted by molar-refractivity contribution is 0.0398. The Kier molecular flexibility index (Phi) is 5.83. The molecule has 0 atom stereocenters. The Hall–Kier alpha value is -1.79. The molecule has 1 fully saturated rings. The van der Waals surface area contributed by atoms with Crippen LogP contribution in [0.25, 0.3) is 0 Å². The maximum atomic E-state index is 11.7. The molecule has 0 aromatic heterocycles. The molecule has 1 heterocycles. The van der Waals surface area contributed by atoms with E-state index in [1.165, 1.54) is 0 Å². The highest BCUT2D eigenvalue weighted by atomic mass is 16.5. The van der Waals surface area contributed by atoms with Crippen LogP contribution in [0.2, 0.25) is 0 Å². The van der Waals surface area contributed by atoms with E-state index in [9.17, 15) is 4.79 Å². The number of hydrogen-bond donors (Lipinski definition) is 2. The number of esters is 1. The molecule has 0 saturated carbocycles. The maximum absolute atomic E-state index is 11.7. The summed E-state index contributed by atoms with van der Waals surface area (Å²) in [6, 6.07) is 5.15. The Labute approximate surface area is 125 Å². The molecule has 1 aliphatic heterocycles. The van der Waals surface area contributed by atoms with Crippen molar-refractivity contribution in [2.75, 3.05) is 57.1 Å². The van der Waals surface area contributed by atoms with Crippen molar-refractivity contribution < 1.29 is 14.3 Å². The summed E-state index contributed by atoms with van der Waals surface area (Å²) >= 11 is 0. The van der Waals surface area contributed by atoms with Crippen molar-refractivity contribution in [2.24, 2.45) is 0 Å². The first kappa shape index (κ1) is 15.6. The number of nitrogens with one attached hydrogen (secondary N) is 1. The van der Waals surface area contributed by atoms with E-state index in [0.29, 0.717) is 17.9 Å². The molecule has 1 saturated heterocycles. The zero-order valence-electron chi connectivity index (χ0n) is 12.4. The highest BCUT2D eigenvalue weighted by Gasteiger charge is 2.11. The van der Waals surface area contributed by atoms with Gasteiger partial charge in [-0.1, -0.05) is 0 Å². The lowest BCUT2D eigenvalue weighted by Gasteiger charge is -2.26. The Balaban J connectivity index is 1.89. The molecule has 21 heavy (non-hydrogen) atoms. The molecule has 0 radical (unpaired) electrons. The zero-order valence-corrected chi connectivity index (χ0v) is 12.4. The number of carbonyl (C=O) groups is 1. The Morgan fingerprint density at radius 3 is 2.90 bits per heavy atom. The smallest absolute Gasteiger partial charge is 0.338 e. The minimum absolute atomic E-state index is 0.325. The molecule has 0 amide bonds. The SMILES string of the molecule is CCOC(=O)c1ccc(N)c(NCCN2CCOCC2)c1. The number of nitrogens with two attached hydrogens (primary N) is 1. The molecule has 0 spiro atoms. The summed E-state index contributed by atoms with van der Waals surface area (Å²) in [7, 11) is 0.